The summed E-state index contributed by atoms with van der Waals surface area (Å²) in [5.41, 5.74) is 0. The molecule has 0 radical (unpaired) electrons. The van der Waals surface area contributed by atoms with Gasteiger partial charge in [0.2, 0.25) is 5.91 Å². The van der Waals surface area contributed by atoms with E-state index in [1.807, 2.05) is 6.92 Å². The van der Waals surface area contributed by atoms with Crippen LogP contribution in [0.1, 0.15) is 20.3 Å². The van der Waals surface area contributed by atoms with Gasteiger partial charge in [0.05, 0.1) is 11.8 Å². The summed E-state index contributed by atoms with van der Waals surface area (Å²) in [7, 11) is -2.98. The first-order chi connectivity index (χ1) is 7.50. The quantitative estimate of drug-likeness (QED) is 0.721. The number of nitrogens with zero attached hydrogens (tertiary/aromatic N) is 1. The molecular formula is C10H20N2O3S. The maximum Gasteiger partial charge on any atom is 0.239 e. The maximum absolute atomic E-state index is 11.8. The molecule has 1 saturated heterocycles. The van der Waals surface area contributed by atoms with E-state index in [1.54, 1.807) is 11.8 Å². The van der Waals surface area contributed by atoms with Gasteiger partial charge in [-0.25, -0.2) is 8.42 Å². The third-order valence-electron chi connectivity index (χ3n) is 2.90. The van der Waals surface area contributed by atoms with Crippen molar-refractivity contribution in [1.82, 2.24) is 10.2 Å². The van der Waals surface area contributed by atoms with Crippen LogP contribution in [0.25, 0.3) is 0 Å². The Hall–Kier alpha value is -0.620. The Bertz CT molecular complexity index is 340. The molecule has 94 valence electrons. The first-order valence-corrected chi connectivity index (χ1v) is 7.55. The summed E-state index contributed by atoms with van der Waals surface area (Å²) in [5.74, 6) is 0.246. The topological polar surface area (TPSA) is 66.5 Å². The van der Waals surface area contributed by atoms with Gasteiger partial charge in [0.25, 0.3) is 0 Å². The number of rotatable bonds is 5. The maximum atomic E-state index is 11.8. The number of carbonyl (C=O) groups is 1. The van der Waals surface area contributed by atoms with Crippen molar-refractivity contribution in [3.05, 3.63) is 0 Å². The molecule has 1 unspecified atom stereocenters. The van der Waals surface area contributed by atoms with Gasteiger partial charge in [0, 0.05) is 25.4 Å². The number of carbonyl (C=O) groups excluding carboxylic acids is 1. The average Bonchev–Trinajstić information content (AvgIpc) is 2.28. The zero-order valence-electron chi connectivity index (χ0n) is 9.90. The first-order valence-electron chi connectivity index (χ1n) is 5.72. The van der Waals surface area contributed by atoms with Crippen LogP contribution in [0.15, 0.2) is 0 Å². The van der Waals surface area contributed by atoms with E-state index < -0.39 is 9.84 Å². The zero-order chi connectivity index (χ0) is 12.2. The molecule has 1 atom stereocenters. The average molecular weight is 248 g/mol. The lowest BCUT2D eigenvalue weighted by Gasteiger charge is -2.32. The molecule has 5 nitrogen and oxygen atoms in total. The van der Waals surface area contributed by atoms with Gasteiger partial charge >= 0.3 is 0 Å². The fraction of sp³-hybridized carbons (Fsp3) is 0.900. The van der Waals surface area contributed by atoms with Crippen LogP contribution in [0.2, 0.25) is 0 Å². The minimum Gasteiger partial charge on any atom is -0.339 e. The van der Waals surface area contributed by atoms with Crippen LogP contribution in [0.3, 0.4) is 0 Å². The van der Waals surface area contributed by atoms with Gasteiger partial charge in [-0.2, -0.15) is 0 Å². The Morgan fingerprint density at radius 1 is 1.44 bits per heavy atom. The highest BCUT2D eigenvalue weighted by Gasteiger charge is 2.27. The van der Waals surface area contributed by atoms with Crippen molar-refractivity contribution in [2.75, 3.05) is 31.1 Å². The van der Waals surface area contributed by atoms with Gasteiger partial charge < -0.3 is 10.2 Å². The normalized spacial score (nSPS) is 22.5. The molecule has 0 aromatic carbocycles. The van der Waals surface area contributed by atoms with E-state index in [-0.39, 0.29) is 23.5 Å². The molecule has 0 bridgehead atoms. The fourth-order valence-electron chi connectivity index (χ4n) is 1.73. The van der Waals surface area contributed by atoms with Gasteiger partial charge in [-0.3, -0.25) is 4.79 Å². The minimum atomic E-state index is -2.98. The molecular weight excluding hydrogens is 228 g/mol. The molecule has 1 aliphatic heterocycles. The number of amides is 1. The van der Waals surface area contributed by atoms with Crippen molar-refractivity contribution in [2.45, 2.75) is 26.3 Å². The largest absolute Gasteiger partial charge is 0.339 e. The molecule has 1 amide bonds. The van der Waals surface area contributed by atoms with Crippen LogP contribution in [0.5, 0.6) is 0 Å². The lowest BCUT2D eigenvalue weighted by atomic mass is 10.1. The smallest absolute Gasteiger partial charge is 0.239 e. The van der Waals surface area contributed by atoms with E-state index in [0.29, 0.717) is 13.1 Å². The monoisotopic (exact) mass is 248 g/mol. The number of hydrogen-bond acceptors (Lipinski definition) is 4. The fourth-order valence-corrected chi connectivity index (χ4v) is 2.51. The molecule has 1 aliphatic rings. The number of nitrogens with one attached hydrogen (secondary N) is 1. The van der Waals surface area contributed by atoms with Crippen LogP contribution in [-0.2, 0) is 14.6 Å². The van der Waals surface area contributed by atoms with Crippen molar-refractivity contribution in [2.24, 2.45) is 0 Å². The Kier molecular flexibility index (Phi) is 4.73. The minimum absolute atomic E-state index is 0.0278. The van der Waals surface area contributed by atoms with Crippen molar-refractivity contribution in [3.63, 3.8) is 0 Å². The summed E-state index contributed by atoms with van der Waals surface area (Å²) < 4.78 is 22.7. The summed E-state index contributed by atoms with van der Waals surface area (Å²) >= 11 is 0. The second-order valence-electron chi connectivity index (χ2n) is 3.98. The zero-order valence-corrected chi connectivity index (χ0v) is 10.7. The summed E-state index contributed by atoms with van der Waals surface area (Å²) in [5, 5.41) is 3.12. The summed E-state index contributed by atoms with van der Waals surface area (Å²) in [6, 6.07) is -0.141. The van der Waals surface area contributed by atoms with Crippen molar-refractivity contribution >= 4 is 15.7 Å². The Labute approximate surface area is 97.1 Å². The molecule has 0 aliphatic carbocycles. The molecule has 16 heavy (non-hydrogen) atoms. The second-order valence-corrected chi connectivity index (χ2v) is 6.45. The third kappa shape index (κ3) is 3.45. The van der Waals surface area contributed by atoms with E-state index in [2.05, 4.69) is 5.32 Å². The van der Waals surface area contributed by atoms with E-state index >= 15 is 0 Å². The van der Waals surface area contributed by atoms with Crippen molar-refractivity contribution in [1.29, 1.82) is 0 Å². The Morgan fingerprint density at radius 3 is 2.69 bits per heavy atom. The van der Waals surface area contributed by atoms with Gasteiger partial charge in [-0.1, -0.05) is 13.8 Å². The Morgan fingerprint density at radius 2 is 2.12 bits per heavy atom. The van der Waals surface area contributed by atoms with E-state index in [1.165, 1.54) is 0 Å². The molecule has 6 heteroatoms. The standard InChI is InChI=1S/C10H20N2O3S/c1-3-9-10(13)12(6-5-11-9)7-8-16(14,15)4-2/h9,11H,3-8H2,1-2H3. The van der Waals surface area contributed by atoms with E-state index in [0.717, 1.165) is 13.0 Å². The Balaban J connectivity index is 2.51. The molecule has 1 N–H and O–H groups in total. The van der Waals surface area contributed by atoms with E-state index in [4.69, 9.17) is 0 Å². The van der Waals surface area contributed by atoms with Crippen LogP contribution >= 0.6 is 0 Å². The van der Waals surface area contributed by atoms with Crippen LogP contribution in [0, 0.1) is 0 Å². The van der Waals surface area contributed by atoms with Gasteiger partial charge in [0.15, 0.2) is 9.84 Å². The highest BCUT2D eigenvalue weighted by atomic mass is 32.2. The number of hydrogen-bond donors (Lipinski definition) is 1. The van der Waals surface area contributed by atoms with Crippen LogP contribution < -0.4 is 5.32 Å². The van der Waals surface area contributed by atoms with E-state index in [9.17, 15) is 13.2 Å². The van der Waals surface area contributed by atoms with Crippen LogP contribution in [-0.4, -0.2) is 56.4 Å². The lowest BCUT2D eigenvalue weighted by molar-refractivity contribution is -0.135. The van der Waals surface area contributed by atoms with Gasteiger partial charge in [-0.15, -0.1) is 0 Å². The predicted octanol–water partition coefficient (Wildman–Crippen LogP) is -0.368. The van der Waals surface area contributed by atoms with Gasteiger partial charge in [0.1, 0.15) is 0 Å². The highest BCUT2D eigenvalue weighted by Crippen LogP contribution is 2.05. The third-order valence-corrected chi connectivity index (χ3v) is 4.59. The summed E-state index contributed by atoms with van der Waals surface area (Å²) in [4.78, 5) is 13.5. The molecule has 1 fully saturated rings. The summed E-state index contributed by atoms with van der Waals surface area (Å²) in [6.07, 6.45) is 0.746. The number of piperazine rings is 1. The molecule has 1 heterocycles. The SMILES string of the molecule is CCC1NCCN(CCS(=O)(=O)CC)C1=O. The van der Waals surface area contributed by atoms with Crippen molar-refractivity contribution < 1.29 is 13.2 Å². The molecule has 1 rings (SSSR count). The number of sulfone groups is 1. The lowest BCUT2D eigenvalue weighted by Crippen LogP contribution is -2.55. The van der Waals surface area contributed by atoms with Crippen molar-refractivity contribution in [3.8, 4) is 0 Å². The second kappa shape index (κ2) is 5.63. The molecule has 0 saturated carbocycles. The van der Waals surface area contributed by atoms with Gasteiger partial charge in [-0.05, 0) is 6.42 Å². The molecule has 0 aromatic rings. The molecule has 0 aromatic heterocycles. The predicted molar refractivity (Wildman–Crippen MR) is 63.0 cm³/mol. The summed E-state index contributed by atoms with van der Waals surface area (Å²) in [6.45, 7) is 5.25. The van der Waals surface area contributed by atoms with Crippen LogP contribution in [0.4, 0.5) is 0 Å². The highest BCUT2D eigenvalue weighted by molar-refractivity contribution is 7.91. The first kappa shape index (κ1) is 13.4. The molecule has 0 spiro atoms.